The molecule has 0 saturated carbocycles. The monoisotopic (exact) mass is 403 g/mol. The Morgan fingerprint density at radius 3 is 2.63 bits per heavy atom. The van der Waals surface area contributed by atoms with E-state index in [2.05, 4.69) is 15.5 Å². The fourth-order valence-corrected chi connectivity index (χ4v) is 2.89. The molecule has 4 aromatic rings. The highest BCUT2D eigenvalue weighted by atomic mass is 19.1. The highest BCUT2D eigenvalue weighted by molar-refractivity contribution is 6.06. The minimum Gasteiger partial charge on any atom is -0.483 e. The van der Waals surface area contributed by atoms with E-state index in [-0.39, 0.29) is 18.3 Å². The van der Waals surface area contributed by atoms with Gasteiger partial charge in [-0.05, 0) is 42.8 Å². The number of hydrogen-bond acceptors (Lipinski definition) is 5. The maximum absolute atomic E-state index is 13.3. The molecule has 1 N–H and O–H groups in total. The Morgan fingerprint density at radius 2 is 1.83 bits per heavy atom. The summed E-state index contributed by atoms with van der Waals surface area (Å²) in [5.74, 6) is 0.402. The van der Waals surface area contributed by atoms with Crippen LogP contribution >= 0.6 is 0 Å². The van der Waals surface area contributed by atoms with Crippen LogP contribution in [0.1, 0.15) is 21.8 Å². The molecular weight excluding hydrogens is 385 g/mol. The van der Waals surface area contributed by atoms with Crippen molar-refractivity contribution in [2.24, 2.45) is 0 Å². The summed E-state index contributed by atoms with van der Waals surface area (Å²) in [6.45, 7) is 1.74. The summed E-state index contributed by atoms with van der Waals surface area (Å²) in [6, 6.07) is 20.4. The van der Waals surface area contributed by atoms with E-state index in [1.54, 1.807) is 31.2 Å². The molecule has 1 aromatic heterocycles. The van der Waals surface area contributed by atoms with Crippen LogP contribution in [-0.4, -0.2) is 16.0 Å². The average molecular weight is 403 g/mol. The van der Waals surface area contributed by atoms with Crippen LogP contribution in [0.15, 0.2) is 77.3 Å². The molecule has 150 valence electrons. The van der Waals surface area contributed by atoms with Gasteiger partial charge in [-0.15, -0.1) is 0 Å². The topological polar surface area (TPSA) is 77.2 Å². The van der Waals surface area contributed by atoms with Crippen LogP contribution in [0, 0.1) is 12.7 Å². The number of aryl methyl sites for hydroxylation is 1. The first kappa shape index (κ1) is 19.3. The molecule has 0 aliphatic rings. The number of para-hydroxylation sites is 1. The number of anilines is 1. The average Bonchev–Trinajstić information content (AvgIpc) is 3.24. The maximum atomic E-state index is 13.3. The zero-order valence-corrected chi connectivity index (χ0v) is 16.1. The van der Waals surface area contributed by atoms with Crippen LogP contribution in [0.25, 0.3) is 11.4 Å². The number of hydrogen-bond donors (Lipinski definition) is 1. The van der Waals surface area contributed by atoms with E-state index < -0.39 is 0 Å². The van der Waals surface area contributed by atoms with Gasteiger partial charge in [0, 0.05) is 11.3 Å². The summed E-state index contributed by atoms with van der Waals surface area (Å²) in [7, 11) is 0. The molecule has 0 spiro atoms. The van der Waals surface area contributed by atoms with Crippen LogP contribution < -0.4 is 10.1 Å². The Balaban J connectivity index is 1.47. The van der Waals surface area contributed by atoms with Crippen molar-refractivity contribution in [1.82, 2.24) is 10.1 Å². The van der Waals surface area contributed by atoms with Crippen molar-refractivity contribution in [2.75, 3.05) is 5.32 Å². The summed E-state index contributed by atoms with van der Waals surface area (Å²) in [4.78, 5) is 17.1. The third-order valence-electron chi connectivity index (χ3n) is 4.42. The number of amides is 1. The van der Waals surface area contributed by atoms with E-state index >= 15 is 0 Å². The van der Waals surface area contributed by atoms with Crippen LogP contribution in [0.5, 0.6) is 5.75 Å². The molecule has 1 amide bonds. The highest BCUT2D eigenvalue weighted by Crippen LogP contribution is 2.23. The first-order valence-electron chi connectivity index (χ1n) is 9.27. The number of nitrogens with one attached hydrogen (secondary N) is 1. The lowest BCUT2D eigenvalue weighted by molar-refractivity contribution is 0.102. The van der Waals surface area contributed by atoms with E-state index in [1.807, 2.05) is 30.3 Å². The van der Waals surface area contributed by atoms with Gasteiger partial charge in [0.15, 0.2) is 6.61 Å². The van der Waals surface area contributed by atoms with Gasteiger partial charge in [0.2, 0.25) is 5.82 Å². The molecule has 6 nitrogen and oxygen atoms in total. The number of ether oxygens (including phenoxy) is 1. The quantitative estimate of drug-likeness (QED) is 0.489. The Morgan fingerprint density at radius 1 is 1.07 bits per heavy atom. The first-order valence-corrected chi connectivity index (χ1v) is 9.27. The molecule has 0 bridgehead atoms. The highest BCUT2D eigenvalue weighted by Gasteiger charge is 2.15. The van der Waals surface area contributed by atoms with Crippen LogP contribution in [0.3, 0.4) is 0 Å². The van der Waals surface area contributed by atoms with Crippen molar-refractivity contribution < 1.29 is 18.4 Å². The normalized spacial score (nSPS) is 10.6. The van der Waals surface area contributed by atoms with Crippen LogP contribution in [0.4, 0.5) is 10.1 Å². The summed E-state index contributed by atoms with van der Waals surface area (Å²) in [5, 5.41) is 6.73. The van der Waals surface area contributed by atoms with Crippen molar-refractivity contribution in [3.63, 3.8) is 0 Å². The van der Waals surface area contributed by atoms with Crippen molar-refractivity contribution in [1.29, 1.82) is 0 Å². The number of nitrogens with zero attached hydrogens (tertiary/aromatic N) is 2. The number of carbonyl (C=O) groups excluding carboxylic acids is 1. The van der Waals surface area contributed by atoms with E-state index in [0.29, 0.717) is 34.3 Å². The summed E-state index contributed by atoms with van der Waals surface area (Å²) < 4.78 is 24.3. The molecule has 30 heavy (non-hydrogen) atoms. The Bertz CT molecular complexity index is 1180. The Labute approximate surface area is 172 Å². The molecule has 3 aromatic carbocycles. The van der Waals surface area contributed by atoms with E-state index in [1.165, 1.54) is 18.2 Å². The smallest absolute Gasteiger partial charge is 0.264 e. The maximum Gasteiger partial charge on any atom is 0.264 e. The third-order valence-corrected chi connectivity index (χ3v) is 4.42. The van der Waals surface area contributed by atoms with Crippen molar-refractivity contribution in [3.05, 3.63) is 95.6 Å². The molecule has 0 atom stereocenters. The molecule has 7 heteroatoms. The summed E-state index contributed by atoms with van der Waals surface area (Å²) in [5.41, 5.74) is 2.33. The Hall–Kier alpha value is -4.00. The van der Waals surface area contributed by atoms with Gasteiger partial charge in [0.25, 0.3) is 11.8 Å². The summed E-state index contributed by atoms with van der Waals surface area (Å²) in [6.07, 6.45) is 0. The molecular formula is C23H18FN3O3. The molecule has 0 radical (unpaired) electrons. The number of aromatic nitrogens is 2. The van der Waals surface area contributed by atoms with Gasteiger partial charge in [-0.25, -0.2) is 4.39 Å². The predicted molar refractivity (Wildman–Crippen MR) is 110 cm³/mol. The third kappa shape index (κ3) is 4.35. The largest absolute Gasteiger partial charge is 0.483 e. The lowest BCUT2D eigenvalue weighted by Crippen LogP contribution is -2.14. The number of benzene rings is 3. The minimum atomic E-state index is -0.365. The van der Waals surface area contributed by atoms with Gasteiger partial charge < -0.3 is 14.6 Å². The van der Waals surface area contributed by atoms with E-state index in [0.717, 1.165) is 5.56 Å². The van der Waals surface area contributed by atoms with Crippen LogP contribution in [-0.2, 0) is 6.61 Å². The van der Waals surface area contributed by atoms with Gasteiger partial charge in [-0.3, -0.25) is 4.79 Å². The fourth-order valence-electron chi connectivity index (χ4n) is 2.89. The lowest BCUT2D eigenvalue weighted by Gasteiger charge is -2.12. The van der Waals surface area contributed by atoms with Crippen molar-refractivity contribution in [3.8, 4) is 17.1 Å². The molecule has 4 rings (SSSR count). The second kappa shape index (κ2) is 8.57. The van der Waals surface area contributed by atoms with E-state index in [4.69, 9.17) is 9.26 Å². The molecule has 1 heterocycles. The zero-order chi connectivity index (χ0) is 20.9. The van der Waals surface area contributed by atoms with Crippen LogP contribution in [0.2, 0.25) is 0 Å². The molecule has 0 aliphatic carbocycles. The van der Waals surface area contributed by atoms with Gasteiger partial charge in [-0.1, -0.05) is 47.6 Å². The number of halogens is 1. The van der Waals surface area contributed by atoms with E-state index in [9.17, 15) is 9.18 Å². The lowest BCUT2D eigenvalue weighted by atomic mass is 10.1. The SMILES string of the molecule is Cc1cc(F)ccc1NC(=O)c1ccccc1OCc1nc(-c2ccccc2)no1. The number of carbonyl (C=O) groups is 1. The van der Waals surface area contributed by atoms with Gasteiger partial charge in [0.05, 0.1) is 5.56 Å². The first-order chi connectivity index (χ1) is 14.6. The number of rotatable bonds is 6. The predicted octanol–water partition coefficient (Wildman–Crippen LogP) is 5.02. The molecule has 0 saturated heterocycles. The van der Waals surface area contributed by atoms with Crippen molar-refractivity contribution >= 4 is 11.6 Å². The van der Waals surface area contributed by atoms with Gasteiger partial charge in [0.1, 0.15) is 11.6 Å². The minimum absolute atomic E-state index is 0.0136. The molecule has 0 fully saturated rings. The van der Waals surface area contributed by atoms with Gasteiger partial charge >= 0.3 is 0 Å². The Kier molecular flexibility index (Phi) is 5.52. The molecule has 0 aliphatic heterocycles. The zero-order valence-electron chi connectivity index (χ0n) is 16.1. The fraction of sp³-hybridized carbons (Fsp3) is 0.0870. The second-order valence-corrected chi connectivity index (χ2v) is 6.58. The molecule has 0 unspecified atom stereocenters. The van der Waals surface area contributed by atoms with Crippen molar-refractivity contribution in [2.45, 2.75) is 13.5 Å². The summed E-state index contributed by atoms with van der Waals surface area (Å²) >= 11 is 0. The van der Waals surface area contributed by atoms with Gasteiger partial charge in [-0.2, -0.15) is 4.98 Å². The second-order valence-electron chi connectivity index (χ2n) is 6.58. The standard InChI is InChI=1S/C23H18FN3O3/c1-15-13-17(24)11-12-19(15)25-23(28)18-9-5-6-10-20(18)29-14-21-26-22(27-30-21)16-7-3-2-4-8-16/h2-13H,14H2,1H3,(H,25,28).